The van der Waals surface area contributed by atoms with E-state index in [1.165, 1.54) is 9.58 Å². The van der Waals surface area contributed by atoms with Crippen LogP contribution in [0.4, 0.5) is 0 Å². The van der Waals surface area contributed by atoms with Crippen molar-refractivity contribution in [2.45, 2.75) is 13.5 Å². The Morgan fingerprint density at radius 1 is 1.67 bits per heavy atom. The molecule has 0 saturated carbocycles. The molecule has 0 aliphatic rings. The van der Waals surface area contributed by atoms with Gasteiger partial charge in [-0.1, -0.05) is 5.21 Å². The number of aromatic nitrogens is 3. The summed E-state index contributed by atoms with van der Waals surface area (Å²) in [5.41, 5.74) is 0.821. The Kier molecular flexibility index (Phi) is 2.42. The Morgan fingerprint density at radius 2 is 2.33 bits per heavy atom. The number of amides is 1. The molecule has 0 aromatic carbocycles. The van der Waals surface area contributed by atoms with E-state index in [1.807, 2.05) is 6.92 Å². The van der Waals surface area contributed by atoms with Gasteiger partial charge in [0, 0.05) is 20.3 Å². The van der Waals surface area contributed by atoms with Crippen LogP contribution in [0.2, 0.25) is 0 Å². The Bertz CT molecular complexity index is 279. The third-order valence-corrected chi connectivity index (χ3v) is 1.45. The SMILES string of the molecule is Cc1cn(CC(=O)N(C)C)nn1. The zero-order chi connectivity index (χ0) is 9.14. The second kappa shape index (κ2) is 3.34. The second-order valence-electron chi connectivity index (χ2n) is 2.85. The molecule has 12 heavy (non-hydrogen) atoms. The van der Waals surface area contributed by atoms with Gasteiger partial charge in [-0.25, -0.2) is 4.68 Å². The van der Waals surface area contributed by atoms with E-state index in [4.69, 9.17) is 0 Å². The molecule has 0 atom stereocenters. The Labute approximate surface area is 71.0 Å². The van der Waals surface area contributed by atoms with Crippen LogP contribution in [0.15, 0.2) is 6.20 Å². The lowest BCUT2D eigenvalue weighted by molar-refractivity contribution is -0.129. The van der Waals surface area contributed by atoms with Crippen LogP contribution in [0.5, 0.6) is 0 Å². The summed E-state index contributed by atoms with van der Waals surface area (Å²) in [6.07, 6.45) is 1.74. The zero-order valence-electron chi connectivity index (χ0n) is 7.48. The fourth-order valence-electron chi connectivity index (χ4n) is 0.753. The van der Waals surface area contributed by atoms with Crippen molar-refractivity contribution in [3.63, 3.8) is 0 Å². The van der Waals surface area contributed by atoms with Crippen molar-refractivity contribution in [2.75, 3.05) is 14.1 Å². The van der Waals surface area contributed by atoms with E-state index in [0.717, 1.165) is 5.69 Å². The van der Waals surface area contributed by atoms with Crippen LogP contribution in [0.1, 0.15) is 5.69 Å². The molecule has 0 fully saturated rings. The molecule has 1 amide bonds. The van der Waals surface area contributed by atoms with Crippen molar-refractivity contribution in [1.29, 1.82) is 0 Å². The number of aryl methyl sites for hydroxylation is 1. The number of likely N-dealkylation sites (N-methyl/N-ethyl adjacent to an activating group) is 1. The lowest BCUT2D eigenvalue weighted by Gasteiger charge is -2.08. The van der Waals surface area contributed by atoms with Gasteiger partial charge in [0.05, 0.1) is 5.69 Å². The molecule has 0 bridgehead atoms. The molecule has 0 unspecified atom stereocenters. The second-order valence-corrected chi connectivity index (χ2v) is 2.85. The van der Waals surface area contributed by atoms with Gasteiger partial charge in [-0.15, -0.1) is 5.10 Å². The van der Waals surface area contributed by atoms with E-state index < -0.39 is 0 Å². The first kappa shape index (κ1) is 8.70. The van der Waals surface area contributed by atoms with Gasteiger partial charge in [-0.3, -0.25) is 4.79 Å². The summed E-state index contributed by atoms with van der Waals surface area (Å²) < 4.78 is 1.53. The average Bonchev–Trinajstić information content (AvgIpc) is 2.35. The molecule has 5 nitrogen and oxygen atoms in total. The molecular weight excluding hydrogens is 156 g/mol. The van der Waals surface area contributed by atoms with Gasteiger partial charge in [0.15, 0.2) is 0 Å². The minimum Gasteiger partial charge on any atom is -0.347 e. The fourth-order valence-corrected chi connectivity index (χ4v) is 0.753. The standard InChI is InChI=1S/C7H12N4O/c1-6-4-11(9-8-6)5-7(12)10(2)3/h4H,5H2,1-3H3. The van der Waals surface area contributed by atoms with E-state index in [-0.39, 0.29) is 12.5 Å². The highest BCUT2D eigenvalue weighted by Gasteiger charge is 2.05. The van der Waals surface area contributed by atoms with E-state index in [1.54, 1.807) is 20.3 Å². The molecule has 0 radical (unpaired) electrons. The maximum absolute atomic E-state index is 11.2. The topological polar surface area (TPSA) is 51.0 Å². The minimum absolute atomic E-state index is 0.0138. The van der Waals surface area contributed by atoms with Crippen molar-refractivity contribution in [3.8, 4) is 0 Å². The Morgan fingerprint density at radius 3 is 2.75 bits per heavy atom. The minimum atomic E-state index is 0.0138. The highest BCUT2D eigenvalue weighted by Crippen LogP contribution is 1.90. The van der Waals surface area contributed by atoms with Gasteiger partial charge in [0.2, 0.25) is 5.91 Å². The first-order valence-corrected chi connectivity index (χ1v) is 3.66. The van der Waals surface area contributed by atoms with Gasteiger partial charge >= 0.3 is 0 Å². The van der Waals surface area contributed by atoms with Crippen LogP contribution >= 0.6 is 0 Å². The molecule has 1 heterocycles. The van der Waals surface area contributed by atoms with Crippen LogP contribution in [-0.4, -0.2) is 39.9 Å². The number of hydrogen-bond donors (Lipinski definition) is 0. The summed E-state index contributed by atoms with van der Waals surface area (Å²) in [6, 6.07) is 0. The van der Waals surface area contributed by atoms with Gasteiger partial charge in [-0.2, -0.15) is 0 Å². The first-order valence-electron chi connectivity index (χ1n) is 3.66. The van der Waals surface area contributed by atoms with Gasteiger partial charge in [0.1, 0.15) is 6.54 Å². The van der Waals surface area contributed by atoms with Crippen LogP contribution in [0.3, 0.4) is 0 Å². The largest absolute Gasteiger partial charge is 0.347 e. The van der Waals surface area contributed by atoms with Crippen LogP contribution in [0.25, 0.3) is 0 Å². The van der Waals surface area contributed by atoms with E-state index >= 15 is 0 Å². The lowest BCUT2D eigenvalue weighted by Crippen LogP contribution is -2.26. The molecule has 5 heteroatoms. The molecular formula is C7H12N4O. The van der Waals surface area contributed by atoms with Gasteiger partial charge in [-0.05, 0) is 6.92 Å². The quantitative estimate of drug-likeness (QED) is 0.608. The van der Waals surface area contributed by atoms with Crippen molar-refractivity contribution < 1.29 is 4.79 Å². The smallest absolute Gasteiger partial charge is 0.243 e. The molecule has 0 spiro atoms. The summed E-state index contributed by atoms with van der Waals surface area (Å²) in [5, 5.41) is 7.53. The molecule has 1 rings (SSSR count). The number of rotatable bonds is 2. The zero-order valence-corrected chi connectivity index (χ0v) is 7.48. The third kappa shape index (κ3) is 2.05. The van der Waals surface area contributed by atoms with Crippen molar-refractivity contribution in [3.05, 3.63) is 11.9 Å². The molecule has 0 N–H and O–H groups in total. The monoisotopic (exact) mass is 168 g/mol. The summed E-state index contributed by atoms with van der Waals surface area (Å²) in [5.74, 6) is 0.0138. The van der Waals surface area contributed by atoms with Crippen LogP contribution in [0, 0.1) is 6.92 Å². The molecule has 1 aromatic heterocycles. The van der Waals surface area contributed by atoms with Crippen LogP contribution in [-0.2, 0) is 11.3 Å². The van der Waals surface area contributed by atoms with Crippen molar-refractivity contribution in [2.24, 2.45) is 0 Å². The Hall–Kier alpha value is -1.39. The van der Waals surface area contributed by atoms with E-state index in [2.05, 4.69) is 10.3 Å². The van der Waals surface area contributed by atoms with Crippen molar-refractivity contribution in [1.82, 2.24) is 19.9 Å². The molecule has 0 aliphatic heterocycles. The third-order valence-electron chi connectivity index (χ3n) is 1.45. The molecule has 0 aliphatic carbocycles. The summed E-state index contributed by atoms with van der Waals surface area (Å²) in [6.45, 7) is 2.09. The lowest BCUT2D eigenvalue weighted by atomic mass is 10.5. The van der Waals surface area contributed by atoms with Gasteiger partial charge < -0.3 is 4.90 Å². The number of carbonyl (C=O) groups is 1. The Balaban J connectivity index is 2.58. The normalized spacial score (nSPS) is 9.92. The molecule has 66 valence electrons. The average molecular weight is 168 g/mol. The van der Waals surface area contributed by atoms with Crippen molar-refractivity contribution >= 4 is 5.91 Å². The molecule has 1 aromatic rings. The first-order chi connectivity index (χ1) is 5.59. The maximum atomic E-state index is 11.2. The summed E-state index contributed by atoms with van der Waals surface area (Å²) in [7, 11) is 3.43. The maximum Gasteiger partial charge on any atom is 0.243 e. The predicted octanol–water partition coefficient (Wildman–Crippen LogP) is -0.325. The fraction of sp³-hybridized carbons (Fsp3) is 0.571. The highest BCUT2D eigenvalue weighted by atomic mass is 16.2. The highest BCUT2D eigenvalue weighted by molar-refractivity contribution is 5.75. The number of carbonyl (C=O) groups excluding carboxylic acids is 1. The summed E-state index contributed by atoms with van der Waals surface area (Å²) >= 11 is 0. The number of nitrogens with zero attached hydrogens (tertiary/aromatic N) is 4. The predicted molar refractivity (Wildman–Crippen MR) is 43.5 cm³/mol. The van der Waals surface area contributed by atoms with Crippen LogP contribution < -0.4 is 0 Å². The summed E-state index contributed by atoms with van der Waals surface area (Å²) in [4.78, 5) is 12.7. The van der Waals surface area contributed by atoms with E-state index in [9.17, 15) is 4.79 Å². The number of hydrogen-bond acceptors (Lipinski definition) is 3. The molecule has 0 saturated heterocycles. The van der Waals surface area contributed by atoms with E-state index in [0.29, 0.717) is 0 Å². The van der Waals surface area contributed by atoms with Gasteiger partial charge in [0.25, 0.3) is 0 Å².